The Labute approximate surface area is 85.2 Å². The first-order valence-corrected chi connectivity index (χ1v) is 4.22. The molecule has 1 aromatic rings. The standard InChI is InChI=1S/C9H8N2O4/c1-14-9(13)6-8(12)11-7-5(15-6)3-2-4-10-7/h2-4,6H,1H3,(H,10,11,12). The van der Waals surface area contributed by atoms with Crippen LogP contribution in [0.4, 0.5) is 5.82 Å². The van der Waals surface area contributed by atoms with E-state index >= 15 is 0 Å². The number of hydrogen-bond donors (Lipinski definition) is 1. The molecule has 0 spiro atoms. The van der Waals surface area contributed by atoms with Crippen molar-refractivity contribution in [1.82, 2.24) is 4.98 Å². The fourth-order valence-corrected chi connectivity index (χ4v) is 1.20. The Morgan fingerprint density at radius 2 is 2.47 bits per heavy atom. The molecule has 0 bridgehead atoms. The third-order valence-electron chi connectivity index (χ3n) is 1.91. The molecule has 78 valence electrons. The second-order valence-electron chi connectivity index (χ2n) is 2.86. The third kappa shape index (κ3) is 1.61. The van der Waals surface area contributed by atoms with Gasteiger partial charge in [-0.25, -0.2) is 9.78 Å². The minimum absolute atomic E-state index is 0.308. The van der Waals surface area contributed by atoms with Gasteiger partial charge in [-0.15, -0.1) is 0 Å². The molecule has 1 aromatic heterocycles. The molecule has 0 aliphatic carbocycles. The van der Waals surface area contributed by atoms with Crippen LogP contribution in [0.5, 0.6) is 5.75 Å². The van der Waals surface area contributed by atoms with Gasteiger partial charge in [-0.3, -0.25) is 4.79 Å². The van der Waals surface area contributed by atoms with E-state index in [1.807, 2.05) is 0 Å². The quantitative estimate of drug-likeness (QED) is 0.517. The van der Waals surface area contributed by atoms with E-state index in [2.05, 4.69) is 15.0 Å². The number of amides is 1. The molecular weight excluding hydrogens is 200 g/mol. The van der Waals surface area contributed by atoms with Crippen molar-refractivity contribution in [1.29, 1.82) is 0 Å². The summed E-state index contributed by atoms with van der Waals surface area (Å²) in [6.07, 6.45) is 0.257. The molecule has 0 aromatic carbocycles. The van der Waals surface area contributed by atoms with E-state index in [1.54, 1.807) is 12.1 Å². The van der Waals surface area contributed by atoms with E-state index in [0.717, 1.165) is 0 Å². The molecule has 1 atom stereocenters. The van der Waals surface area contributed by atoms with Gasteiger partial charge >= 0.3 is 5.97 Å². The van der Waals surface area contributed by atoms with Crippen molar-refractivity contribution in [2.75, 3.05) is 12.4 Å². The van der Waals surface area contributed by atoms with Gasteiger partial charge in [0.2, 0.25) is 0 Å². The number of fused-ring (bicyclic) bond motifs is 1. The van der Waals surface area contributed by atoms with Crippen LogP contribution in [0.1, 0.15) is 0 Å². The molecule has 0 radical (unpaired) electrons. The molecule has 1 aliphatic heterocycles. The predicted molar refractivity (Wildman–Crippen MR) is 49.3 cm³/mol. The van der Waals surface area contributed by atoms with Crippen molar-refractivity contribution in [2.24, 2.45) is 0 Å². The summed E-state index contributed by atoms with van der Waals surface area (Å²) in [7, 11) is 1.19. The summed E-state index contributed by atoms with van der Waals surface area (Å²) in [5, 5.41) is 2.45. The van der Waals surface area contributed by atoms with Crippen molar-refractivity contribution in [3.05, 3.63) is 18.3 Å². The predicted octanol–water partition coefficient (Wildman–Crippen LogP) is -0.0459. The highest BCUT2D eigenvalue weighted by Gasteiger charge is 2.35. The number of rotatable bonds is 1. The zero-order valence-corrected chi connectivity index (χ0v) is 7.89. The van der Waals surface area contributed by atoms with Crippen LogP contribution >= 0.6 is 0 Å². The molecule has 15 heavy (non-hydrogen) atoms. The summed E-state index contributed by atoms with van der Waals surface area (Å²) in [6.45, 7) is 0. The van der Waals surface area contributed by atoms with Crippen LogP contribution in [0, 0.1) is 0 Å². The molecule has 1 aliphatic rings. The number of carbonyl (C=O) groups is 2. The monoisotopic (exact) mass is 208 g/mol. The van der Waals surface area contributed by atoms with Gasteiger partial charge in [0, 0.05) is 6.20 Å². The molecule has 1 N–H and O–H groups in total. The van der Waals surface area contributed by atoms with Crippen LogP contribution in [-0.2, 0) is 14.3 Å². The van der Waals surface area contributed by atoms with Crippen molar-refractivity contribution in [3.63, 3.8) is 0 Å². The molecule has 0 saturated carbocycles. The van der Waals surface area contributed by atoms with Crippen LogP contribution in [0.25, 0.3) is 0 Å². The summed E-state index contributed by atoms with van der Waals surface area (Å²) in [5.74, 6) is -0.648. The fourth-order valence-electron chi connectivity index (χ4n) is 1.20. The SMILES string of the molecule is COC(=O)C1Oc2cccnc2NC1=O. The summed E-state index contributed by atoms with van der Waals surface area (Å²) in [5.41, 5.74) is 0. The number of hydrogen-bond acceptors (Lipinski definition) is 5. The lowest BCUT2D eigenvalue weighted by atomic mass is 10.2. The summed E-state index contributed by atoms with van der Waals surface area (Å²) in [6, 6.07) is 3.25. The molecule has 6 heteroatoms. The van der Waals surface area contributed by atoms with E-state index in [-0.39, 0.29) is 0 Å². The number of esters is 1. The maximum atomic E-state index is 11.4. The number of methoxy groups -OCH3 is 1. The minimum Gasteiger partial charge on any atom is -0.466 e. The number of nitrogens with zero attached hydrogens (tertiary/aromatic N) is 1. The topological polar surface area (TPSA) is 77.5 Å². The van der Waals surface area contributed by atoms with Crippen molar-refractivity contribution in [3.8, 4) is 5.75 Å². The molecule has 0 fully saturated rings. The van der Waals surface area contributed by atoms with Crippen LogP contribution in [-0.4, -0.2) is 30.1 Å². The average molecular weight is 208 g/mol. The number of pyridine rings is 1. The smallest absolute Gasteiger partial charge is 0.357 e. The van der Waals surface area contributed by atoms with E-state index in [4.69, 9.17) is 4.74 Å². The highest BCUT2D eigenvalue weighted by atomic mass is 16.6. The molecule has 6 nitrogen and oxygen atoms in total. The van der Waals surface area contributed by atoms with E-state index in [1.165, 1.54) is 13.3 Å². The molecule has 2 rings (SSSR count). The lowest BCUT2D eigenvalue weighted by Gasteiger charge is -2.22. The lowest BCUT2D eigenvalue weighted by Crippen LogP contribution is -2.43. The summed E-state index contributed by atoms with van der Waals surface area (Å²) in [4.78, 5) is 26.4. The first kappa shape index (κ1) is 9.45. The first-order valence-electron chi connectivity index (χ1n) is 4.22. The Hall–Kier alpha value is -2.11. The van der Waals surface area contributed by atoms with Crippen LogP contribution in [0.2, 0.25) is 0 Å². The maximum absolute atomic E-state index is 11.4. The van der Waals surface area contributed by atoms with Crippen molar-refractivity contribution in [2.45, 2.75) is 6.10 Å². The Morgan fingerprint density at radius 1 is 1.67 bits per heavy atom. The van der Waals surface area contributed by atoms with Crippen LogP contribution in [0.3, 0.4) is 0 Å². The normalized spacial score (nSPS) is 18.5. The van der Waals surface area contributed by atoms with Gasteiger partial charge in [-0.05, 0) is 12.1 Å². The minimum atomic E-state index is -1.26. The Morgan fingerprint density at radius 3 is 3.20 bits per heavy atom. The van der Waals surface area contributed by atoms with Gasteiger partial charge in [0.15, 0.2) is 11.6 Å². The zero-order chi connectivity index (χ0) is 10.8. The van der Waals surface area contributed by atoms with Gasteiger partial charge < -0.3 is 14.8 Å². The lowest BCUT2D eigenvalue weighted by molar-refractivity contribution is -0.153. The van der Waals surface area contributed by atoms with E-state index in [9.17, 15) is 9.59 Å². The van der Waals surface area contributed by atoms with Gasteiger partial charge in [0.25, 0.3) is 12.0 Å². The molecule has 0 saturated heterocycles. The van der Waals surface area contributed by atoms with Gasteiger partial charge in [0.05, 0.1) is 7.11 Å². The maximum Gasteiger partial charge on any atom is 0.357 e. The van der Waals surface area contributed by atoms with E-state index < -0.39 is 18.0 Å². The largest absolute Gasteiger partial charge is 0.466 e. The zero-order valence-electron chi connectivity index (χ0n) is 7.89. The van der Waals surface area contributed by atoms with Crippen LogP contribution < -0.4 is 10.1 Å². The van der Waals surface area contributed by atoms with Gasteiger partial charge in [-0.2, -0.15) is 0 Å². The highest BCUT2D eigenvalue weighted by molar-refractivity contribution is 6.09. The van der Waals surface area contributed by atoms with E-state index in [0.29, 0.717) is 11.6 Å². The number of anilines is 1. The fraction of sp³-hybridized carbons (Fsp3) is 0.222. The average Bonchev–Trinajstić information content (AvgIpc) is 2.27. The van der Waals surface area contributed by atoms with Crippen molar-refractivity contribution >= 4 is 17.7 Å². The number of aromatic nitrogens is 1. The molecule has 1 amide bonds. The number of nitrogens with one attached hydrogen (secondary N) is 1. The Bertz CT molecular complexity index is 418. The van der Waals surface area contributed by atoms with Gasteiger partial charge in [-0.1, -0.05) is 0 Å². The number of ether oxygens (including phenoxy) is 2. The molecule has 1 unspecified atom stereocenters. The summed E-state index contributed by atoms with van der Waals surface area (Å²) >= 11 is 0. The highest BCUT2D eigenvalue weighted by Crippen LogP contribution is 2.26. The first-order chi connectivity index (χ1) is 7.22. The van der Waals surface area contributed by atoms with Crippen molar-refractivity contribution < 1.29 is 19.1 Å². The summed E-state index contributed by atoms with van der Waals surface area (Å²) < 4.78 is 9.58. The van der Waals surface area contributed by atoms with Crippen LogP contribution in [0.15, 0.2) is 18.3 Å². The molecule has 2 heterocycles. The third-order valence-corrected chi connectivity index (χ3v) is 1.91. The Balaban J connectivity index is 2.29. The second kappa shape index (κ2) is 3.56. The van der Waals surface area contributed by atoms with Gasteiger partial charge in [0.1, 0.15) is 0 Å². The second-order valence-corrected chi connectivity index (χ2v) is 2.86. The Kier molecular flexibility index (Phi) is 2.24. The number of carbonyl (C=O) groups excluding carboxylic acids is 2. The molecular formula is C9H8N2O4.